The van der Waals surface area contributed by atoms with Gasteiger partial charge in [0, 0.05) is 23.3 Å². The topological polar surface area (TPSA) is 63.0 Å². The molecule has 4 rings (SSSR count). The van der Waals surface area contributed by atoms with Crippen molar-refractivity contribution in [2.75, 3.05) is 0 Å². The largest absolute Gasteiger partial charge is 0.491 e. The van der Waals surface area contributed by atoms with Gasteiger partial charge in [0.25, 0.3) is 0 Å². The predicted octanol–water partition coefficient (Wildman–Crippen LogP) is 5.98. The van der Waals surface area contributed by atoms with Crippen LogP contribution in [0.2, 0.25) is 0 Å². The van der Waals surface area contributed by atoms with E-state index in [1.165, 1.54) is 0 Å². The third kappa shape index (κ3) is 3.53. The number of alkyl halides is 3. The number of Topliss-reactive ketones (excluding diaryl/α,β-unsaturated/α-hetero) is 1. The van der Waals surface area contributed by atoms with Crippen molar-refractivity contribution >= 4 is 5.78 Å². The number of fused-ring (bicyclic) bond motifs is 1. The fourth-order valence-electron chi connectivity index (χ4n) is 5.30. The summed E-state index contributed by atoms with van der Waals surface area (Å²) >= 11 is 0. The Bertz CT molecular complexity index is 1040. The molecule has 172 valence electrons. The molecule has 1 aromatic rings. The number of benzene rings is 1. The van der Waals surface area contributed by atoms with Gasteiger partial charge in [-0.25, -0.2) is 0 Å². The minimum Gasteiger partial charge on any atom is -0.491 e. The van der Waals surface area contributed by atoms with E-state index in [0.717, 1.165) is 0 Å². The molecule has 2 heterocycles. The molecule has 3 aliphatic rings. The van der Waals surface area contributed by atoms with Crippen molar-refractivity contribution in [2.24, 2.45) is 15.6 Å². The molecular weight excluding hydrogens is 419 g/mol. The lowest BCUT2D eigenvalue weighted by molar-refractivity contribution is -0.119. The van der Waals surface area contributed by atoms with E-state index in [9.17, 15) is 18.0 Å². The molecule has 0 saturated carbocycles. The summed E-state index contributed by atoms with van der Waals surface area (Å²) in [5.41, 5.74) is -0.846. The van der Waals surface area contributed by atoms with E-state index < -0.39 is 23.5 Å². The second-order valence-electron chi connectivity index (χ2n) is 9.77. The molecule has 2 atom stereocenters. The Morgan fingerprint density at radius 3 is 2.41 bits per heavy atom. The Hall–Kier alpha value is -2.64. The Kier molecular flexibility index (Phi) is 5.25. The van der Waals surface area contributed by atoms with E-state index in [4.69, 9.17) is 4.74 Å². The van der Waals surface area contributed by atoms with E-state index in [0.29, 0.717) is 29.0 Å². The first-order valence-electron chi connectivity index (χ1n) is 10.9. The maximum Gasteiger partial charge on any atom is 0.435 e. The molecule has 0 fully saturated rings. The van der Waals surface area contributed by atoms with Crippen LogP contribution in [0, 0.1) is 5.41 Å². The lowest BCUT2D eigenvalue weighted by Gasteiger charge is -2.48. The molecular formula is C24H28F3N3O2. The van der Waals surface area contributed by atoms with Crippen LogP contribution < -0.4 is 10.1 Å². The molecule has 8 heteroatoms. The monoisotopic (exact) mass is 447 g/mol. The van der Waals surface area contributed by atoms with Gasteiger partial charge in [0.05, 0.1) is 11.5 Å². The number of nitrogens with one attached hydrogen (secondary N) is 1. The number of rotatable bonds is 4. The number of carbonyl (C=O) groups is 1. The quantitative estimate of drug-likeness (QED) is 0.618. The zero-order valence-electron chi connectivity index (χ0n) is 18.9. The van der Waals surface area contributed by atoms with Gasteiger partial charge in [0.2, 0.25) is 0 Å². The third-order valence-electron chi connectivity index (χ3n) is 6.39. The van der Waals surface area contributed by atoms with Crippen molar-refractivity contribution in [1.29, 1.82) is 0 Å². The fraction of sp³-hybridized carbons (Fsp3) is 0.542. The van der Waals surface area contributed by atoms with Crippen LogP contribution in [0.3, 0.4) is 0 Å². The molecule has 2 aliphatic heterocycles. The summed E-state index contributed by atoms with van der Waals surface area (Å²) in [4.78, 5) is 13.5. The zero-order chi connectivity index (χ0) is 23.5. The highest BCUT2D eigenvalue weighted by atomic mass is 19.4. The molecule has 5 nitrogen and oxygen atoms in total. The first-order valence-corrected chi connectivity index (χ1v) is 10.9. The van der Waals surface area contributed by atoms with E-state index >= 15 is 0 Å². The number of halogens is 3. The van der Waals surface area contributed by atoms with Crippen molar-refractivity contribution < 1.29 is 22.7 Å². The Morgan fingerprint density at radius 2 is 1.84 bits per heavy atom. The molecule has 1 aromatic carbocycles. The average Bonchev–Trinajstić information content (AvgIpc) is 3.10. The summed E-state index contributed by atoms with van der Waals surface area (Å²) in [5, 5.41) is 10.6. The molecule has 1 N–H and O–H groups in total. The minimum atomic E-state index is -4.68. The van der Waals surface area contributed by atoms with Gasteiger partial charge in [-0.3, -0.25) is 4.79 Å². The standard InChI is InChI=1S/C24H28F3N3O2/c1-6-23(14-7-9-15(10-8-14)32-13(2)3)18-16(11-22(4,5)12-17(18)31)28-21-19(23)20(29-30-21)24(25,26)27/h7-10,13,21,28H,6,11-12H2,1-5H3/t21?,23-/m1/s1. The number of hydrogen-bond donors (Lipinski definition) is 1. The molecule has 0 radical (unpaired) electrons. The zero-order valence-corrected chi connectivity index (χ0v) is 18.9. The van der Waals surface area contributed by atoms with Gasteiger partial charge in [-0.05, 0) is 49.8 Å². The predicted molar refractivity (Wildman–Crippen MR) is 114 cm³/mol. The molecule has 0 spiro atoms. The van der Waals surface area contributed by atoms with Gasteiger partial charge < -0.3 is 10.1 Å². The molecule has 0 amide bonds. The number of hydrogen-bond acceptors (Lipinski definition) is 5. The van der Waals surface area contributed by atoms with Crippen LogP contribution in [0.25, 0.3) is 0 Å². The lowest BCUT2D eigenvalue weighted by atomic mass is 9.58. The first kappa shape index (κ1) is 22.6. The second kappa shape index (κ2) is 7.46. The van der Waals surface area contributed by atoms with E-state index in [2.05, 4.69) is 15.5 Å². The summed E-state index contributed by atoms with van der Waals surface area (Å²) in [5.74, 6) is 0.490. The maximum atomic E-state index is 14.0. The molecule has 1 unspecified atom stereocenters. The van der Waals surface area contributed by atoms with Gasteiger partial charge in [0.15, 0.2) is 17.6 Å². The summed E-state index contributed by atoms with van der Waals surface area (Å²) < 4.78 is 47.8. The molecule has 0 bridgehead atoms. The number of ketones is 1. The highest BCUT2D eigenvalue weighted by Crippen LogP contribution is 2.56. The van der Waals surface area contributed by atoms with Crippen LogP contribution >= 0.6 is 0 Å². The molecule has 0 aromatic heterocycles. The van der Waals surface area contributed by atoms with Gasteiger partial charge >= 0.3 is 6.18 Å². The van der Waals surface area contributed by atoms with Crippen LogP contribution in [-0.2, 0) is 10.2 Å². The number of carbonyl (C=O) groups excluding carboxylic acids is 1. The molecule has 0 saturated heterocycles. The third-order valence-corrected chi connectivity index (χ3v) is 6.39. The number of allylic oxidation sites excluding steroid dienone is 3. The van der Waals surface area contributed by atoms with Crippen LogP contribution in [0.5, 0.6) is 5.75 Å². The number of nitrogens with zero attached hydrogens (tertiary/aromatic N) is 2. The second-order valence-corrected chi connectivity index (χ2v) is 9.77. The van der Waals surface area contributed by atoms with Crippen molar-refractivity contribution in [3.8, 4) is 5.75 Å². The van der Waals surface area contributed by atoms with Crippen LogP contribution in [0.1, 0.15) is 59.4 Å². The van der Waals surface area contributed by atoms with Crippen molar-refractivity contribution in [1.82, 2.24) is 5.32 Å². The molecule has 32 heavy (non-hydrogen) atoms. The van der Waals surface area contributed by atoms with Crippen molar-refractivity contribution in [2.45, 2.75) is 77.7 Å². The SMILES string of the molecule is CC[C@@]1(c2ccc(OC(C)C)cc2)C2=C(CC(C)(C)CC2=O)NC2N=NC(C(F)(F)F)=C21. The van der Waals surface area contributed by atoms with Crippen LogP contribution in [-0.4, -0.2) is 24.2 Å². The van der Waals surface area contributed by atoms with E-state index in [1.54, 1.807) is 24.3 Å². The number of azo groups is 1. The lowest BCUT2D eigenvalue weighted by Crippen LogP contribution is -2.52. The van der Waals surface area contributed by atoms with E-state index in [-0.39, 0.29) is 35.7 Å². The Morgan fingerprint density at radius 1 is 1.19 bits per heavy atom. The maximum absolute atomic E-state index is 14.0. The van der Waals surface area contributed by atoms with Gasteiger partial charge in [0.1, 0.15) is 5.75 Å². The summed E-state index contributed by atoms with van der Waals surface area (Å²) in [6.45, 7) is 9.61. The van der Waals surface area contributed by atoms with Gasteiger partial charge in [-0.2, -0.15) is 18.3 Å². The molecule has 1 aliphatic carbocycles. The highest BCUT2D eigenvalue weighted by Gasteiger charge is 2.57. The fourth-order valence-corrected chi connectivity index (χ4v) is 5.30. The van der Waals surface area contributed by atoms with Crippen molar-refractivity contribution in [3.63, 3.8) is 0 Å². The normalized spacial score (nSPS) is 26.9. The Labute approximate surface area is 185 Å². The first-order chi connectivity index (χ1) is 14.9. The van der Waals surface area contributed by atoms with Gasteiger partial charge in [-0.15, -0.1) is 5.11 Å². The van der Waals surface area contributed by atoms with Gasteiger partial charge in [-0.1, -0.05) is 32.9 Å². The van der Waals surface area contributed by atoms with Crippen LogP contribution in [0.15, 0.2) is 57.0 Å². The summed E-state index contributed by atoms with van der Waals surface area (Å²) in [6, 6.07) is 7.03. The van der Waals surface area contributed by atoms with Crippen molar-refractivity contribution in [3.05, 3.63) is 52.4 Å². The van der Waals surface area contributed by atoms with Crippen LogP contribution in [0.4, 0.5) is 13.2 Å². The Balaban J connectivity index is 1.99. The summed E-state index contributed by atoms with van der Waals surface area (Å²) in [7, 11) is 0. The minimum absolute atomic E-state index is 0.0110. The average molecular weight is 448 g/mol. The summed E-state index contributed by atoms with van der Waals surface area (Å²) in [6.07, 6.45) is -4.54. The number of ether oxygens (including phenoxy) is 1. The van der Waals surface area contributed by atoms with E-state index in [1.807, 2.05) is 34.6 Å². The highest BCUT2D eigenvalue weighted by molar-refractivity contribution is 6.01. The smallest absolute Gasteiger partial charge is 0.435 e.